The van der Waals surface area contributed by atoms with Crippen molar-refractivity contribution in [2.24, 2.45) is 0 Å². The van der Waals surface area contributed by atoms with Crippen LogP contribution in [0, 0.1) is 0 Å². The quantitative estimate of drug-likeness (QED) is 0.0228. The van der Waals surface area contributed by atoms with Gasteiger partial charge in [-0.1, -0.05) is 228 Å². The molecule has 0 aromatic carbocycles. The minimum atomic E-state index is -1.91. The Labute approximate surface area is 492 Å². The van der Waals surface area contributed by atoms with E-state index in [1.807, 2.05) is 0 Å². The molecule has 3 N–H and O–H groups in total. The first-order valence-electron chi connectivity index (χ1n) is 32.6. The van der Waals surface area contributed by atoms with E-state index in [9.17, 15) is 34.5 Å². The van der Waals surface area contributed by atoms with Crippen LogP contribution in [0.3, 0.4) is 0 Å². The van der Waals surface area contributed by atoms with Crippen molar-refractivity contribution >= 4 is 23.9 Å². The predicted octanol–water partition coefficient (Wildman–Crippen LogP) is 17.5. The fraction of sp³-hybridized carbons (Fsp3) is 0.739. The summed E-state index contributed by atoms with van der Waals surface area (Å²) < 4.78 is 28.5. The molecule has 6 unspecified atom stereocenters. The molecule has 81 heavy (non-hydrogen) atoms. The van der Waals surface area contributed by atoms with Gasteiger partial charge in [0.2, 0.25) is 0 Å². The van der Waals surface area contributed by atoms with Gasteiger partial charge < -0.3 is 39.0 Å². The highest BCUT2D eigenvalue weighted by Crippen LogP contribution is 2.27. The number of carboxylic acids is 1. The number of aliphatic hydroxyl groups is 2. The van der Waals surface area contributed by atoms with E-state index in [2.05, 4.69) is 106 Å². The van der Waals surface area contributed by atoms with Gasteiger partial charge in [0.05, 0.1) is 6.61 Å². The van der Waals surface area contributed by atoms with Gasteiger partial charge in [-0.25, -0.2) is 4.79 Å². The van der Waals surface area contributed by atoms with Crippen LogP contribution in [0.25, 0.3) is 0 Å². The van der Waals surface area contributed by atoms with E-state index < -0.39 is 67.3 Å². The number of esters is 3. The van der Waals surface area contributed by atoms with Gasteiger partial charge in [0, 0.05) is 19.3 Å². The third kappa shape index (κ3) is 46.0. The van der Waals surface area contributed by atoms with Crippen LogP contribution in [0.2, 0.25) is 0 Å². The van der Waals surface area contributed by atoms with Crippen LogP contribution in [0.1, 0.15) is 278 Å². The first-order valence-corrected chi connectivity index (χ1v) is 32.6. The zero-order valence-corrected chi connectivity index (χ0v) is 51.3. The molecule has 1 aliphatic rings. The van der Waals surface area contributed by atoms with Gasteiger partial charge in [0.1, 0.15) is 18.8 Å². The number of carbonyl (C=O) groups is 4. The van der Waals surface area contributed by atoms with Crippen LogP contribution in [0.15, 0.2) is 85.1 Å². The minimum Gasteiger partial charge on any atom is -0.479 e. The van der Waals surface area contributed by atoms with Gasteiger partial charge >= 0.3 is 23.9 Å². The van der Waals surface area contributed by atoms with Crippen molar-refractivity contribution in [1.29, 1.82) is 0 Å². The molecule has 0 saturated carbocycles. The molecule has 1 aliphatic heterocycles. The zero-order valence-electron chi connectivity index (χ0n) is 51.3. The molecule has 0 amide bonds. The lowest BCUT2D eigenvalue weighted by atomic mass is 9.98. The number of hydrogen-bond donors (Lipinski definition) is 3. The lowest BCUT2D eigenvalue weighted by molar-refractivity contribution is -0.301. The molecular weight excluding hydrogens is 1020 g/mol. The minimum absolute atomic E-state index is 0.0500. The van der Waals surface area contributed by atoms with E-state index in [-0.39, 0.29) is 25.9 Å². The lowest BCUT2D eigenvalue weighted by Crippen LogP contribution is -2.61. The number of ether oxygens (including phenoxy) is 5. The van der Waals surface area contributed by atoms with E-state index in [0.717, 1.165) is 128 Å². The Morgan fingerprint density at radius 2 is 0.778 bits per heavy atom. The molecule has 464 valence electrons. The summed E-state index contributed by atoms with van der Waals surface area (Å²) in [7, 11) is 0. The number of carboxylic acid groups (broad SMARTS) is 1. The largest absolute Gasteiger partial charge is 0.479 e. The lowest BCUT2D eigenvalue weighted by Gasteiger charge is -2.40. The van der Waals surface area contributed by atoms with Crippen LogP contribution >= 0.6 is 0 Å². The van der Waals surface area contributed by atoms with Gasteiger partial charge in [-0.3, -0.25) is 14.4 Å². The second-order valence-electron chi connectivity index (χ2n) is 22.0. The highest BCUT2D eigenvalue weighted by Gasteiger charge is 2.50. The Morgan fingerprint density at radius 3 is 1.22 bits per heavy atom. The fourth-order valence-electron chi connectivity index (χ4n) is 9.44. The van der Waals surface area contributed by atoms with Crippen molar-refractivity contribution in [3.8, 4) is 0 Å². The standard InChI is InChI=1S/C69H116O12/c1-4-7-10-13-16-19-22-25-28-30-31-33-36-39-42-45-48-51-54-57-63(72)80-67-65(74)64(73)66(68(75)76)81-69(67)78-59-60(79-62(71)56-53-50-47-44-41-38-34-27-24-21-18-15-12-9-6-3)58-77-61(70)55-52-49-46-43-40-37-35-32-29-26-23-20-17-14-11-8-5-2/h8,11,16-17,19-20,25-29,34-35,37,60,64-67,69,73-74H,4-7,9-10,12-15,18,21-24,30-33,36,38-59H2,1-3H3,(H,75,76)/b11-8-,19-16-,20-17-,28-25-,29-26-,34-27-,37-35-. The van der Waals surface area contributed by atoms with Crippen molar-refractivity contribution in [1.82, 2.24) is 0 Å². The number of unbranched alkanes of at least 4 members (excludes halogenated alkanes) is 27. The van der Waals surface area contributed by atoms with Gasteiger partial charge in [0.15, 0.2) is 24.6 Å². The Kier molecular flexibility index (Phi) is 52.1. The van der Waals surface area contributed by atoms with Crippen LogP contribution < -0.4 is 0 Å². The molecule has 6 atom stereocenters. The molecule has 0 radical (unpaired) electrons. The van der Waals surface area contributed by atoms with Gasteiger partial charge in [0.25, 0.3) is 0 Å². The molecule has 1 fully saturated rings. The van der Waals surface area contributed by atoms with Crippen LogP contribution in [-0.2, 0) is 42.9 Å². The Hall–Kier alpha value is -4.10. The van der Waals surface area contributed by atoms with E-state index in [0.29, 0.717) is 19.3 Å². The number of hydrogen-bond acceptors (Lipinski definition) is 11. The Bertz CT molecular complexity index is 1730. The average Bonchev–Trinajstić information content (AvgIpc) is 3.53. The molecule has 12 nitrogen and oxygen atoms in total. The third-order valence-electron chi connectivity index (χ3n) is 14.4. The SMILES string of the molecule is CC/C=C\C/C=C\C/C=C\C/C=C\CCCCCCC(=O)OCC(COC1OC(C(=O)O)C(O)C(O)C1OC(=O)CCCCCCCCCCC/C=C\C/C=C\CCCCC)OC(=O)CCCCCCC/C=C\CCCCCCCC. The van der Waals surface area contributed by atoms with Crippen molar-refractivity contribution < 1.29 is 58.2 Å². The van der Waals surface area contributed by atoms with E-state index in [1.165, 1.54) is 89.9 Å². The summed E-state index contributed by atoms with van der Waals surface area (Å²) in [5.41, 5.74) is 0. The average molecular weight is 1140 g/mol. The molecule has 0 aliphatic carbocycles. The van der Waals surface area contributed by atoms with Crippen molar-refractivity contribution in [2.75, 3.05) is 13.2 Å². The number of aliphatic carboxylic acids is 1. The first-order chi connectivity index (χ1) is 39.6. The van der Waals surface area contributed by atoms with Crippen LogP contribution in [-0.4, -0.2) is 89.2 Å². The first kappa shape index (κ1) is 74.9. The molecule has 0 aromatic rings. The zero-order chi connectivity index (χ0) is 58.9. The Balaban J connectivity index is 2.67. The number of aliphatic hydroxyl groups excluding tert-OH is 2. The summed E-state index contributed by atoms with van der Waals surface area (Å²) >= 11 is 0. The van der Waals surface area contributed by atoms with Crippen molar-refractivity contribution in [3.63, 3.8) is 0 Å². The van der Waals surface area contributed by atoms with Gasteiger partial charge in [-0.15, -0.1) is 0 Å². The van der Waals surface area contributed by atoms with E-state index in [4.69, 9.17) is 23.7 Å². The molecule has 0 aromatic heterocycles. The maximum absolute atomic E-state index is 13.2. The summed E-state index contributed by atoms with van der Waals surface area (Å²) in [6, 6.07) is 0. The Morgan fingerprint density at radius 1 is 0.420 bits per heavy atom. The number of rotatable bonds is 55. The van der Waals surface area contributed by atoms with E-state index in [1.54, 1.807) is 0 Å². The normalized spacial score (nSPS) is 18.3. The van der Waals surface area contributed by atoms with Crippen molar-refractivity contribution in [3.05, 3.63) is 85.1 Å². The second-order valence-corrected chi connectivity index (χ2v) is 22.0. The maximum atomic E-state index is 13.2. The monoisotopic (exact) mass is 1140 g/mol. The van der Waals surface area contributed by atoms with Crippen molar-refractivity contribution in [2.45, 2.75) is 314 Å². The summed E-state index contributed by atoms with van der Waals surface area (Å²) in [6.07, 6.45) is 61.0. The molecule has 0 bridgehead atoms. The topological polar surface area (TPSA) is 175 Å². The molecule has 1 heterocycles. The molecule has 12 heteroatoms. The number of carbonyl (C=O) groups excluding carboxylic acids is 3. The highest BCUT2D eigenvalue weighted by atomic mass is 16.7. The summed E-state index contributed by atoms with van der Waals surface area (Å²) in [5, 5.41) is 31.6. The van der Waals surface area contributed by atoms with Gasteiger partial charge in [-0.05, 0) is 116 Å². The van der Waals surface area contributed by atoms with E-state index >= 15 is 0 Å². The van der Waals surface area contributed by atoms with Crippen LogP contribution in [0.4, 0.5) is 0 Å². The fourth-order valence-corrected chi connectivity index (χ4v) is 9.44. The molecule has 1 rings (SSSR count). The summed E-state index contributed by atoms with van der Waals surface area (Å²) in [5.74, 6) is -3.16. The third-order valence-corrected chi connectivity index (χ3v) is 14.4. The number of allylic oxidation sites excluding steroid dienone is 14. The highest BCUT2D eigenvalue weighted by molar-refractivity contribution is 5.74. The van der Waals surface area contributed by atoms with Gasteiger partial charge in [-0.2, -0.15) is 0 Å². The summed E-state index contributed by atoms with van der Waals surface area (Å²) in [4.78, 5) is 51.3. The molecule has 1 saturated heterocycles. The molecular formula is C69H116O12. The maximum Gasteiger partial charge on any atom is 0.335 e. The van der Waals surface area contributed by atoms with Crippen LogP contribution in [0.5, 0.6) is 0 Å². The second kappa shape index (κ2) is 56.4. The molecule has 0 spiro atoms. The predicted molar refractivity (Wildman–Crippen MR) is 331 cm³/mol. The summed E-state index contributed by atoms with van der Waals surface area (Å²) in [6.45, 7) is 5.85. The smallest absolute Gasteiger partial charge is 0.335 e.